The lowest BCUT2D eigenvalue weighted by atomic mass is 10.2. The highest BCUT2D eigenvalue weighted by Crippen LogP contribution is 2.33. The van der Waals surface area contributed by atoms with Gasteiger partial charge in [-0.05, 0) is 12.5 Å². The molecule has 0 bridgehead atoms. The predicted molar refractivity (Wildman–Crippen MR) is 91.4 cm³/mol. The first-order valence-corrected chi connectivity index (χ1v) is 8.13. The number of anilines is 1. The molecule has 1 N–H and O–H groups in total. The van der Waals surface area contributed by atoms with Crippen LogP contribution >= 0.6 is 11.3 Å². The zero-order chi connectivity index (χ0) is 16.8. The largest absolute Gasteiger partial charge is 0.383 e. The molecule has 0 radical (unpaired) electrons. The quantitative estimate of drug-likeness (QED) is 0.739. The van der Waals surface area contributed by atoms with E-state index >= 15 is 0 Å². The smallest absolute Gasteiger partial charge is 0.264 e. The van der Waals surface area contributed by atoms with E-state index in [4.69, 9.17) is 9.47 Å². The summed E-state index contributed by atoms with van der Waals surface area (Å²) in [4.78, 5) is 24.3. The summed E-state index contributed by atoms with van der Waals surface area (Å²) in [5, 5.41) is 4.13. The molecule has 126 valence electrons. The number of carbonyl (C=O) groups is 1. The van der Waals surface area contributed by atoms with Gasteiger partial charge < -0.3 is 19.7 Å². The van der Waals surface area contributed by atoms with Gasteiger partial charge in [0.05, 0.1) is 23.5 Å². The van der Waals surface area contributed by atoms with Crippen LogP contribution in [-0.4, -0.2) is 68.3 Å². The second-order valence-corrected chi connectivity index (χ2v) is 6.10. The normalized spacial score (nSPS) is 11.0. The molecule has 2 rings (SSSR count). The van der Waals surface area contributed by atoms with Gasteiger partial charge in [-0.25, -0.2) is 9.97 Å². The standard InChI is InChI=1S/C15H22N4O3S/c1-10-11-13(16-5-7-21-3)17-9-18-14(11)23-12(10)15(20)19(2)6-8-22-4/h9H,5-8H2,1-4H3,(H,16,17,18). The Morgan fingerprint density at radius 3 is 2.74 bits per heavy atom. The van der Waals surface area contributed by atoms with E-state index in [1.807, 2.05) is 6.92 Å². The van der Waals surface area contributed by atoms with Gasteiger partial charge in [-0.15, -0.1) is 11.3 Å². The van der Waals surface area contributed by atoms with E-state index in [1.54, 1.807) is 26.2 Å². The molecule has 0 aliphatic heterocycles. The van der Waals surface area contributed by atoms with Crippen molar-refractivity contribution in [2.24, 2.45) is 0 Å². The minimum atomic E-state index is -0.0228. The Hall–Kier alpha value is -1.77. The Labute approximate surface area is 139 Å². The van der Waals surface area contributed by atoms with Crippen molar-refractivity contribution in [2.45, 2.75) is 6.92 Å². The number of fused-ring (bicyclic) bond motifs is 1. The highest BCUT2D eigenvalue weighted by Gasteiger charge is 2.21. The van der Waals surface area contributed by atoms with E-state index in [0.29, 0.717) is 31.2 Å². The lowest BCUT2D eigenvalue weighted by Gasteiger charge is -2.16. The first-order chi connectivity index (χ1) is 11.1. The summed E-state index contributed by atoms with van der Waals surface area (Å²) in [5.74, 6) is 0.713. The summed E-state index contributed by atoms with van der Waals surface area (Å²) < 4.78 is 10.1. The highest BCUT2D eigenvalue weighted by atomic mass is 32.1. The van der Waals surface area contributed by atoms with E-state index < -0.39 is 0 Å². The van der Waals surface area contributed by atoms with Gasteiger partial charge in [0.1, 0.15) is 17.0 Å². The number of hydrogen-bond donors (Lipinski definition) is 1. The molecule has 1 amide bonds. The van der Waals surface area contributed by atoms with Crippen LogP contribution in [-0.2, 0) is 9.47 Å². The number of nitrogens with zero attached hydrogens (tertiary/aromatic N) is 3. The van der Waals surface area contributed by atoms with E-state index in [2.05, 4.69) is 15.3 Å². The second-order valence-electron chi connectivity index (χ2n) is 5.10. The average molecular weight is 338 g/mol. The van der Waals surface area contributed by atoms with Gasteiger partial charge in [-0.2, -0.15) is 0 Å². The Balaban J connectivity index is 2.30. The molecule has 0 atom stereocenters. The van der Waals surface area contributed by atoms with Gasteiger partial charge in [0.25, 0.3) is 5.91 Å². The van der Waals surface area contributed by atoms with E-state index in [-0.39, 0.29) is 5.91 Å². The fourth-order valence-corrected chi connectivity index (χ4v) is 3.33. The Morgan fingerprint density at radius 1 is 1.30 bits per heavy atom. The number of aryl methyl sites for hydroxylation is 1. The SMILES string of the molecule is COCCNc1ncnc2sc(C(=O)N(C)CCOC)c(C)c12. The molecular formula is C15H22N4O3S. The fourth-order valence-electron chi connectivity index (χ4n) is 2.18. The molecule has 2 aromatic rings. The van der Waals surface area contributed by atoms with Crippen molar-refractivity contribution >= 4 is 33.3 Å². The van der Waals surface area contributed by atoms with Gasteiger partial charge in [-0.3, -0.25) is 4.79 Å². The monoisotopic (exact) mass is 338 g/mol. The summed E-state index contributed by atoms with van der Waals surface area (Å²) in [7, 11) is 5.05. The van der Waals surface area contributed by atoms with Crippen molar-refractivity contribution in [3.05, 3.63) is 16.8 Å². The van der Waals surface area contributed by atoms with Crippen LogP contribution in [0.3, 0.4) is 0 Å². The van der Waals surface area contributed by atoms with Crippen LogP contribution in [0.25, 0.3) is 10.2 Å². The number of likely N-dealkylation sites (N-methyl/N-ethyl adjacent to an activating group) is 1. The van der Waals surface area contributed by atoms with Crippen molar-refractivity contribution in [1.29, 1.82) is 0 Å². The molecule has 2 heterocycles. The molecule has 0 unspecified atom stereocenters. The van der Waals surface area contributed by atoms with Crippen molar-refractivity contribution in [3.63, 3.8) is 0 Å². The van der Waals surface area contributed by atoms with Crippen LogP contribution in [0, 0.1) is 6.92 Å². The second kappa shape index (κ2) is 8.19. The lowest BCUT2D eigenvalue weighted by Crippen LogP contribution is -2.29. The number of ether oxygens (including phenoxy) is 2. The van der Waals surface area contributed by atoms with Crippen LogP contribution < -0.4 is 5.32 Å². The third kappa shape index (κ3) is 3.95. The van der Waals surface area contributed by atoms with Crippen molar-refractivity contribution < 1.29 is 14.3 Å². The van der Waals surface area contributed by atoms with Crippen LogP contribution in [0.5, 0.6) is 0 Å². The third-order valence-corrected chi connectivity index (χ3v) is 4.69. The van der Waals surface area contributed by atoms with Crippen LogP contribution in [0.2, 0.25) is 0 Å². The maximum atomic E-state index is 12.6. The molecule has 23 heavy (non-hydrogen) atoms. The van der Waals surface area contributed by atoms with Crippen LogP contribution in [0.1, 0.15) is 15.2 Å². The van der Waals surface area contributed by atoms with Gasteiger partial charge in [0.15, 0.2) is 0 Å². The average Bonchev–Trinajstić information content (AvgIpc) is 2.90. The van der Waals surface area contributed by atoms with E-state index in [0.717, 1.165) is 21.6 Å². The number of aromatic nitrogens is 2. The first kappa shape index (κ1) is 17.6. The molecule has 0 aliphatic carbocycles. The Morgan fingerprint density at radius 2 is 2.04 bits per heavy atom. The van der Waals surface area contributed by atoms with Crippen LogP contribution in [0.4, 0.5) is 5.82 Å². The number of methoxy groups -OCH3 is 2. The van der Waals surface area contributed by atoms with Gasteiger partial charge >= 0.3 is 0 Å². The first-order valence-electron chi connectivity index (χ1n) is 7.31. The fraction of sp³-hybridized carbons (Fsp3) is 0.533. The summed E-state index contributed by atoms with van der Waals surface area (Å²) >= 11 is 1.39. The topological polar surface area (TPSA) is 76.6 Å². The lowest BCUT2D eigenvalue weighted by molar-refractivity contribution is 0.0748. The number of carbonyl (C=O) groups excluding carboxylic acids is 1. The molecule has 0 aliphatic rings. The number of amides is 1. The molecule has 0 fully saturated rings. The van der Waals surface area contributed by atoms with E-state index in [1.165, 1.54) is 17.7 Å². The molecule has 7 nitrogen and oxygen atoms in total. The predicted octanol–water partition coefficient (Wildman–Crippen LogP) is 1.78. The molecular weight excluding hydrogens is 316 g/mol. The summed E-state index contributed by atoms with van der Waals surface area (Å²) in [5.41, 5.74) is 0.903. The van der Waals surface area contributed by atoms with Gasteiger partial charge in [0, 0.05) is 34.4 Å². The highest BCUT2D eigenvalue weighted by molar-refractivity contribution is 7.20. The van der Waals surface area contributed by atoms with Crippen molar-refractivity contribution in [2.75, 3.05) is 52.9 Å². The number of nitrogens with one attached hydrogen (secondary N) is 1. The maximum Gasteiger partial charge on any atom is 0.264 e. The molecule has 2 aromatic heterocycles. The van der Waals surface area contributed by atoms with Crippen LogP contribution in [0.15, 0.2) is 6.33 Å². The molecule has 0 spiro atoms. The number of thiophene rings is 1. The van der Waals surface area contributed by atoms with Crippen molar-refractivity contribution in [3.8, 4) is 0 Å². The molecule has 8 heteroatoms. The number of hydrogen-bond acceptors (Lipinski definition) is 7. The summed E-state index contributed by atoms with van der Waals surface area (Å²) in [6.45, 7) is 4.22. The maximum absolute atomic E-state index is 12.6. The summed E-state index contributed by atoms with van der Waals surface area (Å²) in [6.07, 6.45) is 1.51. The Bertz CT molecular complexity index is 674. The summed E-state index contributed by atoms with van der Waals surface area (Å²) in [6, 6.07) is 0. The minimum absolute atomic E-state index is 0.0228. The molecule has 0 aromatic carbocycles. The number of rotatable bonds is 8. The van der Waals surface area contributed by atoms with Crippen molar-refractivity contribution in [1.82, 2.24) is 14.9 Å². The Kier molecular flexibility index (Phi) is 6.26. The third-order valence-electron chi connectivity index (χ3n) is 3.50. The minimum Gasteiger partial charge on any atom is -0.383 e. The zero-order valence-electron chi connectivity index (χ0n) is 13.9. The van der Waals surface area contributed by atoms with Gasteiger partial charge in [-0.1, -0.05) is 0 Å². The van der Waals surface area contributed by atoms with Gasteiger partial charge in [0.2, 0.25) is 0 Å². The molecule has 0 saturated carbocycles. The molecule has 0 saturated heterocycles. The van der Waals surface area contributed by atoms with E-state index in [9.17, 15) is 4.79 Å². The zero-order valence-corrected chi connectivity index (χ0v) is 14.7.